The molecule has 0 radical (unpaired) electrons. The molecule has 1 aromatic carbocycles. The van der Waals surface area contributed by atoms with Crippen LogP contribution in [-0.4, -0.2) is 6.18 Å². The second-order valence-corrected chi connectivity index (χ2v) is 3.76. The summed E-state index contributed by atoms with van der Waals surface area (Å²) in [5.74, 6) is 0. The van der Waals surface area contributed by atoms with Crippen molar-refractivity contribution in [3.8, 4) is 0 Å². The average molecular weight is 231 g/mol. The van der Waals surface area contributed by atoms with Gasteiger partial charge in [0.2, 0.25) is 0 Å². The van der Waals surface area contributed by atoms with Gasteiger partial charge in [0.15, 0.2) is 0 Å². The minimum Gasteiger partial charge on any atom is -0.316 e. The van der Waals surface area contributed by atoms with E-state index in [1.54, 1.807) is 12.1 Å². The third kappa shape index (κ3) is 2.76. The standard InChI is InChI=1S/C12H16F3N/c1-3-8-5-6-9(4-2)10(7-8)11(16)12(13,14)15/h5-7,11H,3-4,16H2,1-2H3. The van der Waals surface area contributed by atoms with Gasteiger partial charge in [-0.25, -0.2) is 0 Å². The molecule has 0 aliphatic heterocycles. The SMILES string of the molecule is CCc1ccc(CC)c(C(N)C(F)(F)F)c1. The summed E-state index contributed by atoms with van der Waals surface area (Å²) in [6, 6.07) is 3.27. The van der Waals surface area contributed by atoms with E-state index in [4.69, 9.17) is 5.73 Å². The van der Waals surface area contributed by atoms with Crippen LogP contribution in [0.25, 0.3) is 0 Å². The van der Waals surface area contributed by atoms with Gasteiger partial charge in [0.1, 0.15) is 6.04 Å². The highest BCUT2D eigenvalue weighted by atomic mass is 19.4. The van der Waals surface area contributed by atoms with Crippen LogP contribution in [0.15, 0.2) is 18.2 Å². The first kappa shape index (κ1) is 13.0. The molecule has 0 saturated carbocycles. The molecular weight excluding hydrogens is 215 g/mol. The quantitative estimate of drug-likeness (QED) is 0.848. The van der Waals surface area contributed by atoms with E-state index in [0.29, 0.717) is 18.4 Å². The monoisotopic (exact) mass is 231 g/mol. The van der Waals surface area contributed by atoms with Gasteiger partial charge in [0, 0.05) is 0 Å². The molecule has 0 aliphatic carbocycles. The summed E-state index contributed by atoms with van der Waals surface area (Å²) in [4.78, 5) is 0. The second-order valence-electron chi connectivity index (χ2n) is 3.76. The van der Waals surface area contributed by atoms with Crippen molar-refractivity contribution in [1.29, 1.82) is 0 Å². The van der Waals surface area contributed by atoms with Gasteiger partial charge < -0.3 is 5.73 Å². The van der Waals surface area contributed by atoms with E-state index >= 15 is 0 Å². The molecule has 0 saturated heterocycles. The lowest BCUT2D eigenvalue weighted by molar-refractivity contribution is -0.149. The molecule has 90 valence electrons. The van der Waals surface area contributed by atoms with Crippen molar-refractivity contribution in [2.24, 2.45) is 5.73 Å². The molecule has 2 N–H and O–H groups in total. The van der Waals surface area contributed by atoms with Gasteiger partial charge in [-0.1, -0.05) is 32.0 Å². The molecule has 0 bridgehead atoms. The lowest BCUT2D eigenvalue weighted by atomic mass is 9.95. The van der Waals surface area contributed by atoms with E-state index in [-0.39, 0.29) is 5.56 Å². The maximum atomic E-state index is 12.6. The van der Waals surface area contributed by atoms with Crippen molar-refractivity contribution < 1.29 is 13.2 Å². The molecule has 0 aromatic heterocycles. The van der Waals surface area contributed by atoms with E-state index in [0.717, 1.165) is 5.56 Å². The third-order valence-corrected chi connectivity index (χ3v) is 2.69. The van der Waals surface area contributed by atoms with E-state index in [2.05, 4.69) is 0 Å². The van der Waals surface area contributed by atoms with Crippen molar-refractivity contribution in [3.63, 3.8) is 0 Å². The lowest BCUT2D eigenvalue weighted by Gasteiger charge is -2.19. The number of aryl methyl sites for hydroxylation is 2. The molecule has 16 heavy (non-hydrogen) atoms. The van der Waals surface area contributed by atoms with E-state index in [1.165, 1.54) is 0 Å². The fourth-order valence-corrected chi connectivity index (χ4v) is 1.65. The van der Waals surface area contributed by atoms with Crippen LogP contribution >= 0.6 is 0 Å². The third-order valence-electron chi connectivity index (χ3n) is 2.69. The normalized spacial score (nSPS) is 13.9. The summed E-state index contributed by atoms with van der Waals surface area (Å²) in [5.41, 5.74) is 7.00. The van der Waals surface area contributed by atoms with Gasteiger partial charge in [-0.15, -0.1) is 0 Å². The van der Waals surface area contributed by atoms with Gasteiger partial charge >= 0.3 is 6.18 Å². The molecular formula is C12H16F3N. The Morgan fingerprint density at radius 2 is 1.81 bits per heavy atom. The Bertz CT molecular complexity index is 358. The summed E-state index contributed by atoms with van der Waals surface area (Å²) in [5, 5.41) is 0. The summed E-state index contributed by atoms with van der Waals surface area (Å²) in [7, 11) is 0. The van der Waals surface area contributed by atoms with Crippen LogP contribution in [0.3, 0.4) is 0 Å². The van der Waals surface area contributed by atoms with Gasteiger partial charge in [-0.3, -0.25) is 0 Å². The fourth-order valence-electron chi connectivity index (χ4n) is 1.65. The Morgan fingerprint density at radius 3 is 2.25 bits per heavy atom. The first-order chi connectivity index (χ1) is 7.40. The van der Waals surface area contributed by atoms with Crippen LogP contribution in [0.4, 0.5) is 13.2 Å². The van der Waals surface area contributed by atoms with Crippen molar-refractivity contribution in [2.45, 2.75) is 38.9 Å². The first-order valence-corrected chi connectivity index (χ1v) is 5.34. The maximum absolute atomic E-state index is 12.6. The van der Waals surface area contributed by atoms with Crippen LogP contribution in [-0.2, 0) is 12.8 Å². The highest BCUT2D eigenvalue weighted by molar-refractivity contribution is 5.35. The van der Waals surface area contributed by atoms with Crippen molar-refractivity contribution in [3.05, 3.63) is 34.9 Å². The number of nitrogens with two attached hydrogens (primary N) is 1. The Kier molecular flexibility index (Phi) is 3.97. The molecule has 1 atom stereocenters. The Labute approximate surface area is 93.5 Å². The first-order valence-electron chi connectivity index (χ1n) is 5.34. The molecule has 0 fully saturated rings. The minimum absolute atomic E-state index is 0.203. The molecule has 0 heterocycles. The lowest BCUT2D eigenvalue weighted by Crippen LogP contribution is -2.29. The molecule has 0 amide bonds. The Balaban J connectivity index is 3.18. The van der Waals surface area contributed by atoms with Crippen LogP contribution in [0, 0.1) is 0 Å². The molecule has 4 heteroatoms. The fraction of sp³-hybridized carbons (Fsp3) is 0.500. The highest BCUT2D eigenvalue weighted by Crippen LogP contribution is 2.33. The zero-order chi connectivity index (χ0) is 12.3. The number of halogens is 3. The minimum atomic E-state index is -4.38. The number of benzene rings is 1. The molecule has 0 aliphatic rings. The predicted octanol–water partition coefficient (Wildman–Crippen LogP) is 3.37. The van der Waals surface area contributed by atoms with Crippen LogP contribution < -0.4 is 5.73 Å². The van der Waals surface area contributed by atoms with E-state index < -0.39 is 12.2 Å². The molecule has 1 rings (SSSR count). The number of rotatable bonds is 3. The van der Waals surface area contributed by atoms with Crippen LogP contribution in [0.1, 0.15) is 36.6 Å². The Hall–Kier alpha value is -1.03. The van der Waals surface area contributed by atoms with E-state index in [9.17, 15) is 13.2 Å². The zero-order valence-electron chi connectivity index (χ0n) is 9.43. The second kappa shape index (κ2) is 4.87. The Morgan fingerprint density at radius 1 is 1.19 bits per heavy atom. The summed E-state index contributed by atoms with van der Waals surface area (Å²) in [6.45, 7) is 3.73. The van der Waals surface area contributed by atoms with Crippen molar-refractivity contribution >= 4 is 0 Å². The van der Waals surface area contributed by atoms with E-state index in [1.807, 2.05) is 19.9 Å². The number of alkyl halides is 3. The van der Waals surface area contributed by atoms with Crippen molar-refractivity contribution in [1.82, 2.24) is 0 Å². The molecule has 0 spiro atoms. The molecule has 1 nitrogen and oxygen atoms in total. The van der Waals surface area contributed by atoms with Crippen LogP contribution in [0.2, 0.25) is 0 Å². The van der Waals surface area contributed by atoms with Crippen LogP contribution in [0.5, 0.6) is 0 Å². The summed E-state index contributed by atoms with van der Waals surface area (Å²) in [6.07, 6.45) is -3.11. The maximum Gasteiger partial charge on any atom is 0.407 e. The van der Waals surface area contributed by atoms with Gasteiger partial charge in [-0.2, -0.15) is 13.2 Å². The number of hydrogen-bond acceptors (Lipinski definition) is 1. The number of hydrogen-bond donors (Lipinski definition) is 1. The van der Waals surface area contributed by atoms with Gasteiger partial charge in [0.25, 0.3) is 0 Å². The highest BCUT2D eigenvalue weighted by Gasteiger charge is 2.38. The predicted molar refractivity (Wildman–Crippen MR) is 58.2 cm³/mol. The molecule has 1 unspecified atom stereocenters. The smallest absolute Gasteiger partial charge is 0.316 e. The molecule has 1 aromatic rings. The largest absolute Gasteiger partial charge is 0.407 e. The van der Waals surface area contributed by atoms with Crippen molar-refractivity contribution in [2.75, 3.05) is 0 Å². The van der Waals surface area contributed by atoms with Gasteiger partial charge in [-0.05, 0) is 29.5 Å². The topological polar surface area (TPSA) is 26.0 Å². The summed E-state index contributed by atoms with van der Waals surface area (Å²) >= 11 is 0. The zero-order valence-corrected chi connectivity index (χ0v) is 9.43. The summed E-state index contributed by atoms with van der Waals surface area (Å²) < 4.78 is 37.7. The average Bonchev–Trinajstić information content (AvgIpc) is 2.25. The van der Waals surface area contributed by atoms with Gasteiger partial charge in [0.05, 0.1) is 0 Å².